The third-order valence-corrected chi connectivity index (χ3v) is 3.94. The molecule has 122 valence electrons. The number of benzene rings is 1. The first-order valence-corrected chi connectivity index (χ1v) is 7.83. The number of methoxy groups -OCH3 is 1. The van der Waals surface area contributed by atoms with Crippen LogP contribution in [0.15, 0.2) is 36.5 Å². The van der Waals surface area contributed by atoms with Crippen LogP contribution < -0.4 is 10.1 Å². The third kappa shape index (κ3) is 3.33. The fraction of sp³-hybridized carbons (Fsp3) is 0.125. The van der Waals surface area contributed by atoms with Gasteiger partial charge < -0.3 is 9.72 Å². The number of nitrogens with one attached hydrogen (secondary N) is 2. The zero-order valence-corrected chi connectivity index (χ0v) is 13.8. The maximum Gasteiger partial charge on any atom is 0.273 e. The summed E-state index contributed by atoms with van der Waals surface area (Å²) in [4.78, 5) is 30.5. The van der Waals surface area contributed by atoms with Gasteiger partial charge >= 0.3 is 0 Å². The van der Waals surface area contributed by atoms with Gasteiger partial charge in [-0.1, -0.05) is 12.1 Å². The molecular weight excluding hydrogens is 328 g/mol. The van der Waals surface area contributed by atoms with Crippen LogP contribution in [0, 0.1) is 0 Å². The molecule has 0 atom stereocenters. The lowest BCUT2D eigenvalue weighted by atomic mass is 10.2. The number of carbonyl (C=O) groups is 2. The van der Waals surface area contributed by atoms with Crippen LogP contribution in [0.1, 0.15) is 27.8 Å². The summed E-state index contributed by atoms with van der Waals surface area (Å²) in [6, 6.07) is 8.85. The zero-order chi connectivity index (χ0) is 17.1. The van der Waals surface area contributed by atoms with E-state index in [2.05, 4.69) is 19.7 Å². The lowest BCUT2D eigenvalue weighted by Crippen LogP contribution is -2.12. The van der Waals surface area contributed by atoms with Gasteiger partial charge in [-0.3, -0.25) is 14.9 Å². The summed E-state index contributed by atoms with van der Waals surface area (Å²) in [6.45, 7) is 1.44. The SMILES string of the molecule is COc1cccc(-c2nsc(NC(=O)c3cc(C(C)=O)c[nH]3)n2)c1. The molecule has 0 spiro atoms. The van der Waals surface area contributed by atoms with Crippen molar-refractivity contribution in [2.75, 3.05) is 12.4 Å². The van der Waals surface area contributed by atoms with Gasteiger partial charge in [0.1, 0.15) is 11.4 Å². The van der Waals surface area contributed by atoms with E-state index in [0.717, 1.165) is 17.1 Å². The highest BCUT2D eigenvalue weighted by Crippen LogP contribution is 2.24. The molecule has 0 bridgehead atoms. The average Bonchev–Trinajstić information content (AvgIpc) is 3.24. The van der Waals surface area contributed by atoms with E-state index in [0.29, 0.717) is 28.0 Å². The molecule has 7 nitrogen and oxygen atoms in total. The molecule has 0 aliphatic rings. The van der Waals surface area contributed by atoms with Crippen LogP contribution >= 0.6 is 11.5 Å². The summed E-state index contributed by atoms with van der Waals surface area (Å²) in [5.41, 5.74) is 1.54. The van der Waals surface area contributed by atoms with Crippen molar-refractivity contribution in [3.63, 3.8) is 0 Å². The first-order chi connectivity index (χ1) is 11.6. The molecule has 0 saturated carbocycles. The van der Waals surface area contributed by atoms with E-state index in [-0.39, 0.29) is 11.7 Å². The monoisotopic (exact) mass is 342 g/mol. The Kier molecular flexibility index (Phi) is 4.39. The van der Waals surface area contributed by atoms with Gasteiger partial charge in [0.05, 0.1) is 7.11 Å². The quantitative estimate of drug-likeness (QED) is 0.695. The molecule has 1 aromatic carbocycles. The van der Waals surface area contributed by atoms with Gasteiger partial charge in [-0.15, -0.1) is 0 Å². The van der Waals surface area contributed by atoms with Crippen molar-refractivity contribution in [3.8, 4) is 17.1 Å². The Morgan fingerprint density at radius 3 is 2.83 bits per heavy atom. The van der Waals surface area contributed by atoms with Crippen molar-refractivity contribution >= 4 is 28.4 Å². The number of hydrogen-bond acceptors (Lipinski definition) is 6. The van der Waals surface area contributed by atoms with Gasteiger partial charge in [0.25, 0.3) is 5.91 Å². The van der Waals surface area contributed by atoms with Crippen molar-refractivity contribution in [1.82, 2.24) is 14.3 Å². The number of anilines is 1. The summed E-state index contributed by atoms with van der Waals surface area (Å²) in [5, 5.41) is 3.03. The zero-order valence-electron chi connectivity index (χ0n) is 13.0. The first kappa shape index (κ1) is 15.9. The maximum atomic E-state index is 12.2. The molecule has 2 aromatic heterocycles. The Labute approximate surface area is 141 Å². The minimum absolute atomic E-state index is 0.110. The van der Waals surface area contributed by atoms with Crippen molar-refractivity contribution in [1.29, 1.82) is 0 Å². The molecule has 0 saturated heterocycles. The first-order valence-electron chi connectivity index (χ1n) is 7.05. The highest BCUT2D eigenvalue weighted by atomic mass is 32.1. The lowest BCUT2D eigenvalue weighted by Gasteiger charge is -2.00. The molecule has 3 rings (SSSR count). The van der Waals surface area contributed by atoms with Crippen LogP contribution in [0.25, 0.3) is 11.4 Å². The number of amides is 1. The predicted molar refractivity (Wildman–Crippen MR) is 90.6 cm³/mol. The number of hydrogen-bond donors (Lipinski definition) is 2. The number of H-pyrrole nitrogens is 1. The summed E-state index contributed by atoms with van der Waals surface area (Å²) in [5.74, 6) is 0.721. The van der Waals surface area contributed by atoms with Gasteiger partial charge in [-0.25, -0.2) is 0 Å². The second-order valence-corrected chi connectivity index (χ2v) is 5.72. The van der Waals surface area contributed by atoms with Gasteiger partial charge in [-0.05, 0) is 25.1 Å². The highest BCUT2D eigenvalue weighted by Gasteiger charge is 2.14. The van der Waals surface area contributed by atoms with E-state index in [9.17, 15) is 9.59 Å². The van der Waals surface area contributed by atoms with Crippen molar-refractivity contribution in [3.05, 3.63) is 47.8 Å². The second kappa shape index (κ2) is 6.63. The number of Topliss-reactive ketones (excluding diaryl/α,β-unsaturated/α-hetero) is 1. The standard InChI is InChI=1S/C16H14N4O3S/c1-9(21)11-7-13(17-8-11)15(22)19-16-18-14(20-24-16)10-4-3-5-12(6-10)23-2/h3-8,17H,1-2H3,(H,18,19,20,22). The molecule has 0 aliphatic carbocycles. The van der Waals surface area contributed by atoms with Crippen LogP contribution in [-0.2, 0) is 0 Å². The highest BCUT2D eigenvalue weighted by molar-refractivity contribution is 7.10. The molecular formula is C16H14N4O3S. The van der Waals surface area contributed by atoms with E-state index >= 15 is 0 Å². The van der Waals surface area contributed by atoms with Gasteiger partial charge in [0.15, 0.2) is 11.6 Å². The molecule has 0 fully saturated rings. The average molecular weight is 342 g/mol. The Bertz CT molecular complexity index is 900. The third-order valence-electron chi connectivity index (χ3n) is 3.31. The minimum atomic E-state index is -0.379. The number of nitrogens with zero attached hydrogens (tertiary/aromatic N) is 2. The van der Waals surface area contributed by atoms with Crippen LogP contribution in [0.3, 0.4) is 0 Å². The topological polar surface area (TPSA) is 97.0 Å². The lowest BCUT2D eigenvalue weighted by molar-refractivity contribution is 0.101. The van der Waals surface area contributed by atoms with Crippen LogP contribution in [0.2, 0.25) is 0 Å². The molecule has 3 aromatic rings. The Balaban J connectivity index is 1.75. The van der Waals surface area contributed by atoms with E-state index in [1.54, 1.807) is 7.11 Å². The maximum absolute atomic E-state index is 12.2. The number of aromatic amines is 1. The molecule has 0 aliphatic heterocycles. The number of aromatic nitrogens is 3. The summed E-state index contributed by atoms with van der Waals surface area (Å²) < 4.78 is 9.41. The summed E-state index contributed by atoms with van der Waals surface area (Å²) in [6.07, 6.45) is 1.50. The second-order valence-electron chi connectivity index (χ2n) is 4.97. The smallest absolute Gasteiger partial charge is 0.273 e. The van der Waals surface area contributed by atoms with Crippen molar-refractivity contribution in [2.45, 2.75) is 6.92 Å². The Hall–Kier alpha value is -3.00. The number of rotatable bonds is 5. The molecule has 8 heteroatoms. The van der Waals surface area contributed by atoms with Gasteiger partial charge in [0.2, 0.25) is 5.13 Å². The summed E-state index contributed by atoms with van der Waals surface area (Å²) in [7, 11) is 1.59. The van der Waals surface area contributed by atoms with Gasteiger partial charge in [-0.2, -0.15) is 9.36 Å². The molecule has 0 unspecified atom stereocenters. The van der Waals surface area contributed by atoms with Crippen LogP contribution in [-0.4, -0.2) is 33.1 Å². The Morgan fingerprint density at radius 2 is 2.12 bits per heavy atom. The van der Waals surface area contributed by atoms with E-state index < -0.39 is 0 Å². The van der Waals surface area contributed by atoms with E-state index in [1.165, 1.54) is 19.2 Å². The van der Waals surface area contributed by atoms with E-state index in [4.69, 9.17) is 4.74 Å². The van der Waals surface area contributed by atoms with Crippen molar-refractivity contribution < 1.29 is 14.3 Å². The Morgan fingerprint density at radius 1 is 1.29 bits per heavy atom. The number of ketones is 1. The summed E-state index contributed by atoms with van der Waals surface area (Å²) >= 11 is 1.08. The van der Waals surface area contributed by atoms with Crippen LogP contribution in [0.5, 0.6) is 5.75 Å². The van der Waals surface area contributed by atoms with Crippen molar-refractivity contribution in [2.24, 2.45) is 0 Å². The normalized spacial score (nSPS) is 10.4. The molecule has 1 amide bonds. The van der Waals surface area contributed by atoms with Crippen LogP contribution in [0.4, 0.5) is 5.13 Å². The van der Waals surface area contributed by atoms with Gasteiger partial charge in [0, 0.05) is 28.9 Å². The fourth-order valence-electron chi connectivity index (χ4n) is 2.05. The minimum Gasteiger partial charge on any atom is -0.497 e. The number of carbonyl (C=O) groups excluding carboxylic acids is 2. The molecule has 24 heavy (non-hydrogen) atoms. The molecule has 2 heterocycles. The molecule has 0 radical (unpaired) electrons. The molecule has 2 N–H and O–H groups in total. The largest absolute Gasteiger partial charge is 0.497 e. The van der Waals surface area contributed by atoms with E-state index in [1.807, 2.05) is 24.3 Å². The number of ether oxygens (including phenoxy) is 1. The fourth-order valence-corrected chi connectivity index (χ4v) is 2.63. The predicted octanol–water partition coefficient (Wildman–Crippen LogP) is 3.00.